The van der Waals surface area contributed by atoms with Crippen LogP contribution in [0.3, 0.4) is 0 Å². The fraction of sp³-hybridized carbons (Fsp3) is 0.263. The van der Waals surface area contributed by atoms with Gasteiger partial charge >= 0.3 is 0 Å². The van der Waals surface area contributed by atoms with Crippen LogP contribution in [0.1, 0.15) is 23.5 Å². The minimum Gasteiger partial charge on any atom is -0.369 e. The van der Waals surface area contributed by atoms with E-state index in [1.165, 1.54) is 0 Å². The number of hydrogen-bond donors (Lipinski definition) is 1. The molecule has 1 atom stereocenters. The summed E-state index contributed by atoms with van der Waals surface area (Å²) < 4.78 is 0. The fourth-order valence-electron chi connectivity index (χ4n) is 3.13. The van der Waals surface area contributed by atoms with Crippen molar-refractivity contribution in [1.29, 1.82) is 0 Å². The molecule has 2 aromatic rings. The van der Waals surface area contributed by atoms with Crippen LogP contribution in [0.5, 0.6) is 0 Å². The number of benzene rings is 2. The van der Waals surface area contributed by atoms with Crippen LogP contribution in [-0.4, -0.2) is 29.8 Å². The first-order valence-electron chi connectivity index (χ1n) is 7.82. The molecule has 23 heavy (non-hydrogen) atoms. The maximum absolute atomic E-state index is 12.2. The van der Waals surface area contributed by atoms with Gasteiger partial charge in [0.25, 0.3) is 0 Å². The van der Waals surface area contributed by atoms with Crippen molar-refractivity contribution >= 4 is 11.8 Å². The molecule has 1 aliphatic heterocycles. The van der Waals surface area contributed by atoms with Gasteiger partial charge < -0.3 is 10.6 Å². The lowest BCUT2D eigenvalue weighted by Gasteiger charge is -2.25. The van der Waals surface area contributed by atoms with Crippen LogP contribution >= 0.6 is 0 Å². The van der Waals surface area contributed by atoms with Crippen LogP contribution in [0.25, 0.3) is 0 Å². The molecule has 4 heteroatoms. The van der Waals surface area contributed by atoms with Crippen molar-refractivity contribution < 1.29 is 9.59 Å². The Bertz CT molecular complexity index is 646. The van der Waals surface area contributed by atoms with Crippen molar-refractivity contribution in [2.45, 2.75) is 12.3 Å². The van der Waals surface area contributed by atoms with Gasteiger partial charge in [0.2, 0.25) is 11.8 Å². The standard InChI is InChI=1S/C19H20N2O2/c20-19(23)16-11-18(22)21(12-16)13-17(14-7-3-1-4-8-14)15-9-5-2-6-10-15/h1-10,16-17H,11-13H2,(H2,20,23). The number of likely N-dealkylation sites (tertiary alicyclic amines) is 1. The average molecular weight is 308 g/mol. The second-order valence-electron chi connectivity index (χ2n) is 5.98. The molecule has 2 N–H and O–H groups in total. The Hall–Kier alpha value is -2.62. The van der Waals surface area contributed by atoms with E-state index in [0.717, 1.165) is 11.1 Å². The van der Waals surface area contributed by atoms with E-state index in [-0.39, 0.29) is 24.2 Å². The normalized spacial score (nSPS) is 17.7. The molecule has 1 heterocycles. The van der Waals surface area contributed by atoms with Crippen molar-refractivity contribution in [2.24, 2.45) is 11.7 Å². The lowest BCUT2D eigenvalue weighted by Crippen LogP contribution is -2.32. The Balaban J connectivity index is 1.86. The lowest BCUT2D eigenvalue weighted by molar-refractivity contribution is -0.128. The molecule has 0 saturated carbocycles. The summed E-state index contributed by atoms with van der Waals surface area (Å²) in [5.74, 6) is -0.662. The molecule has 0 aromatic heterocycles. The molecular weight excluding hydrogens is 288 g/mol. The van der Waals surface area contributed by atoms with Crippen LogP contribution in [0.2, 0.25) is 0 Å². The SMILES string of the molecule is NC(=O)C1CC(=O)N(CC(c2ccccc2)c2ccccc2)C1. The summed E-state index contributed by atoms with van der Waals surface area (Å²) in [6.45, 7) is 0.987. The van der Waals surface area contributed by atoms with E-state index in [9.17, 15) is 9.59 Å². The molecule has 0 radical (unpaired) electrons. The predicted octanol–water partition coefficient (Wildman–Crippen LogP) is 2.15. The molecule has 0 bridgehead atoms. The quantitative estimate of drug-likeness (QED) is 0.920. The van der Waals surface area contributed by atoms with Crippen LogP contribution < -0.4 is 5.73 Å². The largest absolute Gasteiger partial charge is 0.369 e. The summed E-state index contributed by atoms with van der Waals surface area (Å²) in [7, 11) is 0. The number of hydrogen-bond acceptors (Lipinski definition) is 2. The van der Waals surface area contributed by atoms with Crippen molar-refractivity contribution in [3.05, 3.63) is 71.8 Å². The van der Waals surface area contributed by atoms with Crippen molar-refractivity contribution in [2.75, 3.05) is 13.1 Å². The Morgan fingerprint density at radius 3 is 2.00 bits per heavy atom. The summed E-state index contributed by atoms with van der Waals surface area (Å²) >= 11 is 0. The highest BCUT2D eigenvalue weighted by Crippen LogP contribution is 2.28. The molecule has 1 saturated heterocycles. The monoisotopic (exact) mass is 308 g/mol. The second-order valence-corrected chi connectivity index (χ2v) is 5.98. The predicted molar refractivity (Wildman–Crippen MR) is 88.6 cm³/mol. The van der Waals surface area contributed by atoms with Gasteiger partial charge in [-0.25, -0.2) is 0 Å². The molecule has 3 rings (SSSR count). The van der Waals surface area contributed by atoms with E-state index in [1.54, 1.807) is 4.90 Å². The number of rotatable bonds is 5. The number of primary amides is 1. The molecule has 0 spiro atoms. The van der Waals surface area contributed by atoms with Crippen LogP contribution in [0.15, 0.2) is 60.7 Å². The summed E-state index contributed by atoms with van der Waals surface area (Å²) in [5.41, 5.74) is 7.68. The molecule has 0 aliphatic carbocycles. The Kier molecular flexibility index (Phi) is 4.42. The Morgan fingerprint density at radius 2 is 1.57 bits per heavy atom. The third-order valence-corrected chi connectivity index (χ3v) is 4.42. The van der Waals surface area contributed by atoms with Crippen molar-refractivity contribution in [3.8, 4) is 0 Å². The van der Waals surface area contributed by atoms with Gasteiger partial charge in [-0.1, -0.05) is 60.7 Å². The van der Waals surface area contributed by atoms with Gasteiger partial charge in [-0.05, 0) is 11.1 Å². The van der Waals surface area contributed by atoms with E-state index in [0.29, 0.717) is 13.1 Å². The number of amides is 2. The van der Waals surface area contributed by atoms with Crippen molar-refractivity contribution in [1.82, 2.24) is 4.90 Å². The number of nitrogens with two attached hydrogens (primary N) is 1. The fourth-order valence-corrected chi connectivity index (χ4v) is 3.13. The zero-order valence-electron chi connectivity index (χ0n) is 12.9. The molecule has 118 valence electrons. The van der Waals surface area contributed by atoms with Gasteiger partial charge in [-0.2, -0.15) is 0 Å². The van der Waals surface area contributed by atoms with E-state index in [1.807, 2.05) is 36.4 Å². The van der Waals surface area contributed by atoms with Crippen LogP contribution in [-0.2, 0) is 9.59 Å². The maximum atomic E-state index is 12.2. The van der Waals surface area contributed by atoms with E-state index >= 15 is 0 Å². The number of carbonyl (C=O) groups excluding carboxylic acids is 2. The molecular formula is C19H20N2O2. The van der Waals surface area contributed by atoms with Crippen LogP contribution in [0, 0.1) is 5.92 Å². The number of carbonyl (C=O) groups is 2. The lowest BCUT2D eigenvalue weighted by atomic mass is 9.91. The van der Waals surface area contributed by atoms with E-state index < -0.39 is 5.91 Å². The summed E-state index contributed by atoms with van der Waals surface area (Å²) in [6, 6.07) is 20.3. The zero-order valence-corrected chi connectivity index (χ0v) is 12.9. The van der Waals surface area contributed by atoms with Gasteiger partial charge in [0.1, 0.15) is 0 Å². The highest BCUT2D eigenvalue weighted by Gasteiger charge is 2.34. The number of nitrogens with zero attached hydrogens (tertiary/aromatic N) is 1. The van der Waals surface area contributed by atoms with Crippen molar-refractivity contribution in [3.63, 3.8) is 0 Å². The zero-order chi connectivity index (χ0) is 16.2. The molecule has 2 aromatic carbocycles. The molecule has 1 fully saturated rings. The van der Waals surface area contributed by atoms with E-state index in [2.05, 4.69) is 24.3 Å². The highest BCUT2D eigenvalue weighted by molar-refractivity contribution is 5.88. The average Bonchev–Trinajstić information content (AvgIpc) is 2.95. The molecule has 4 nitrogen and oxygen atoms in total. The summed E-state index contributed by atoms with van der Waals surface area (Å²) in [5, 5.41) is 0. The smallest absolute Gasteiger partial charge is 0.223 e. The Labute approximate surface area is 135 Å². The molecule has 1 aliphatic rings. The summed E-state index contributed by atoms with van der Waals surface area (Å²) in [4.78, 5) is 25.3. The third-order valence-electron chi connectivity index (χ3n) is 4.42. The molecule has 2 amide bonds. The van der Waals surface area contributed by atoms with E-state index in [4.69, 9.17) is 5.73 Å². The third kappa shape index (κ3) is 3.42. The van der Waals surface area contributed by atoms with Gasteiger partial charge in [0, 0.05) is 25.4 Å². The first-order valence-corrected chi connectivity index (χ1v) is 7.82. The van der Waals surface area contributed by atoms with Gasteiger partial charge in [0.15, 0.2) is 0 Å². The van der Waals surface area contributed by atoms with Gasteiger partial charge in [0.05, 0.1) is 5.92 Å². The summed E-state index contributed by atoms with van der Waals surface area (Å²) in [6.07, 6.45) is 0.228. The van der Waals surface area contributed by atoms with Crippen LogP contribution in [0.4, 0.5) is 0 Å². The minimum absolute atomic E-state index is 0.00524. The molecule has 1 unspecified atom stereocenters. The first-order chi connectivity index (χ1) is 11.1. The maximum Gasteiger partial charge on any atom is 0.223 e. The highest BCUT2D eigenvalue weighted by atomic mass is 16.2. The topological polar surface area (TPSA) is 63.4 Å². The first kappa shape index (κ1) is 15.3. The van der Waals surface area contributed by atoms with Gasteiger partial charge in [-0.15, -0.1) is 0 Å². The second kappa shape index (κ2) is 6.65. The minimum atomic E-state index is -0.392. The Morgan fingerprint density at radius 1 is 1.04 bits per heavy atom. The van der Waals surface area contributed by atoms with Gasteiger partial charge in [-0.3, -0.25) is 9.59 Å².